The molecule has 1 aromatic carbocycles. The van der Waals surface area contributed by atoms with Crippen molar-refractivity contribution in [3.8, 4) is 11.8 Å². The number of rotatable bonds is 5. The fourth-order valence-electron chi connectivity index (χ4n) is 4.07. The normalized spacial score (nSPS) is 24.4. The molecule has 2 heterocycles. The summed E-state index contributed by atoms with van der Waals surface area (Å²) in [4.78, 5) is 16.4. The molecule has 1 aliphatic carbocycles. The predicted molar refractivity (Wildman–Crippen MR) is 117 cm³/mol. The molecule has 3 fully saturated rings. The first kappa shape index (κ1) is 22.1. The summed E-state index contributed by atoms with van der Waals surface area (Å²) >= 11 is 0. The van der Waals surface area contributed by atoms with E-state index in [0.29, 0.717) is 37.2 Å². The van der Waals surface area contributed by atoms with Gasteiger partial charge in [-0.2, -0.15) is 0 Å². The van der Waals surface area contributed by atoms with Gasteiger partial charge in [-0.15, -0.1) is 0 Å². The molecule has 1 saturated carbocycles. The number of nitrogens with zero attached hydrogens (tertiary/aromatic N) is 2. The number of nitrogens with one attached hydrogen (secondary N) is 1. The van der Waals surface area contributed by atoms with Crippen molar-refractivity contribution in [3.05, 3.63) is 35.1 Å². The summed E-state index contributed by atoms with van der Waals surface area (Å²) in [7, 11) is -3.44. The topological polar surface area (TPSA) is 69.7 Å². The Labute approximate surface area is 184 Å². The molecule has 6 nitrogen and oxygen atoms in total. The first-order valence-corrected chi connectivity index (χ1v) is 12.7. The summed E-state index contributed by atoms with van der Waals surface area (Å²) in [5, 5.41) is 0. The third kappa shape index (κ3) is 4.88. The van der Waals surface area contributed by atoms with Crippen LogP contribution in [0.5, 0.6) is 0 Å². The van der Waals surface area contributed by atoms with Crippen LogP contribution < -0.4 is 4.72 Å². The Balaban J connectivity index is 1.59. The number of amides is 2. The van der Waals surface area contributed by atoms with Gasteiger partial charge >= 0.3 is 6.03 Å². The molecule has 2 aliphatic heterocycles. The summed E-state index contributed by atoms with van der Waals surface area (Å²) in [6.07, 6.45) is 3.81. The summed E-state index contributed by atoms with van der Waals surface area (Å²) < 4.78 is 42.4. The van der Waals surface area contributed by atoms with Crippen LogP contribution in [0.2, 0.25) is 0 Å². The average molecular weight is 448 g/mol. The van der Waals surface area contributed by atoms with Gasteiger partial charge in [0.15, 0.2) is 0 Å². The maximum atomic E-state index is 15.3. The lowest BCUT2D eigenvalue weighted by Gasteiger charge is -2.38. The van der Waals surface area contributed by atoms with E-state index in [0.717, 1.165) is 19.3 Å². The summed E-state index contributed by atoms with van der Waals surface area (Å²) in [5.41, 5.74) is 0.814. The minimum absolute atomic E-state index is 0.00212. The summed E-state index contributed by atoms with van der Waals surface area (Å²) in [5.74, 6) is 5.74. The number of carbonyl (C=O) groups excluding carboxylic acids is 1. The molecule has 4 rings (SSSR count). The lowest BCUT2D eigenvalue weighted by Crippen LogP contribution is -2.54. The number of carbonyl (C=O) groups is 1. The Morgan fingerprint density at radius 1 is 1.29 bits per heavy atom. The van der Waals surface area contributed by atoms with E-state index < -0.39 is 22.1 Å². The monoisotopic (exact) mass is 447 g/mol. The number of hydrogen-bond acceptors (Lipinski definition) is 3. The fourth-order valence-corrected chi connectivity index (χ4v) is 4.98. The zero-order valence-corrected chi connectivity index (χ0v) is 19.0. The molecule has 0 radical (unpaired) electrons. The standard InChI is InChI=1S/C23H30FN3O3S/c1-3-31(29,30)25-19-9-15-27(22(28)26-13-5-14-26)20(19)16-18-7-4-6-17(21(18)24)8-10-23(2)11-12-23/h4,6-7,19-20,25H,3,5,9,11-16H2,1-2H3. The molecule has 1 N–H and O–H groups in total. The van der Waals surface area contributed by atoms with E-state index in [1.807, 2.05) is 0 Å². The van der Waals surface area contributed by atoms with Crippen molar-refractivity contribution >= 4 is 16.1 Å². The molecule has 2 unspecified atom stereocenters. The summed E-state index contributed by atoms with van der Waals surface area (Å²) in [6, 6.07) is 4.19. The number of hydrogen-bond donors (Lipinski definition) is 1. The van der Waals surface area contributed by atoms with Crippen molar-refractivity contribution in [2.24, 2.45) is 5.41 Å². The fraction of sp³-hybridized carbons (Fsp3) is 0.609. The minimum Gasteiger partial charge on any atom is -0.325 e. The molecule has 2 amide bonds. The van der Waals surface area contributed by atoms with Crippen LogP contribution in [-0.4, -0.2) is 61.7 Å². The second-order valence-corrected chi connectivity index (χ2v) is 11.1. The molecule has 8 heteroatoms. The molecule has 1 aromatic rings. The highest BCUT2D eigenvalue weighted by molar-refractivity contribution is 7.89. The van der Waals surface area contributed by atoms with E-state index >= 15 is 4.39 Å². The highest BCUT2D eigenvalue weighted by Crippen LogP contribution is 2.44. The third-order valence-corrected chi connectivity index (χ3v) is 8.06. The Bertz CT molecular complexity index is 1020. The van der Waals surface area contributed by atoms with Gasteiger partial charge in [0.1, 0.15) is 5.82 Å². The molecular weight excluding hydrogens is 417 g/mol. The number of benzene rings is 1. The maximum absolute atomic E-state index is 15.3. The quantitative estimate of drug-likeness (QED) is 0.706. The van der Waals surface area contributed by atoms with Crippen LogP contribution >= 0.6 is 0 Å². The van der Waals surface area contributed by atoms with Crippen molar-refractivity contribution < 1.29 is 17.6 Å². The van der Waals surface area contributed by atoms with Crippen molar-refractivity contribution in [1.82, 2.24) is 14.5 Å². The van der Waals surface area contributed by atoms with Gasteiger partial charge in [0.2, 0.25) is 10.0 Å². The van der Waals surface area contributed by atoms with Crippen LogP contribution in [-0.2, 0) is 16.4 Å². The van der Waals surface area contributed by atoms with E-state index in [1.165, 1.54) is 0 Å². The van der Waals surface area contributed by atoms with Crippen LogP contribution in [0.25, 0.3) is 0 Å². The number of likely N-dealkylation sites (tertiary alicyclic amines) is 2. The number of halogens is 1. The highest BCUT2D eigenvalue weighted by atomic mass is 32.2. The molecule has 0 spiro atoms. The van der Waals surface area contributed by atoms with Gasteiger partial charge in [-0.3, -0.25) is 0 Å². The molecule has 3 aliphatic rings. The lowest BCUT2D eigenvalue weighted by atomic mass is 9.98. The van der Waals surface area contributed by atoms with Crippen molar-refractivity contribution in [2.45, 2.75) is 58.0 Å². The molecule has 31 heavy (non-hydrogen) atoms. The number of urea groups is 1. The minimum atomic E-state index is -3.44. The van der Waals surface area contributed by atoms with Crippen LogP contribution in [0.1, 0.15) is 50.7 Å². The van der Waals surface area contributed by atoms with E-state index in [2.05, 4.69) is 23.5 Å². The van der Waals surface area contributed by atoms with Crippen molar-refractivity contribution in [1.29, 1.82) is 0 Å². The van der Waals surface area contributed by atoms with E-state index in [4.69, 9.17) is 0 Å². The first-order chi connectivity index (χ1) is 14.7. The van der Waals surface area contributed by atoms with Crippen LogP contribution in [0, 0.1) is 23.1 Å². The molecular formula is C23H30FN3O3S. The highest BCUT2D eigenvalue weighted by Gasteiger charge is 2.41. The average Bonchev–Trinajstić information content (AvgIpc) is 3.30. The van der Waals surface area contributed by atoms with Crippen LogP contribution in [0.4, 0.5) is 9.18 Å². The second-order valence-electron chi connectivity index (χ2n) is 9.09. The SMILES string of the molecule is CCS(=O)(=O)NC1CCN(C(=O)N2CCC2)C1Cc1cccc(C#CC2(C)CC2)c1F. The van der Waals surface area contributed by atoms with E-state index in [1.54, 1.807) is 34.9 Å². The third-order valence-electron chi connectivity index (χ3n) is 6.64. The Kier molecular flexibility index (Phi) is 6.01. The maximum Gasteiger partial charge on any atom is 0.320 e. The van der Waals surface area contributed by atoms with Gasteiger partial charge in [-0.25, -0.2) is 22.3 Å². The van der Waals surface area contributed by atoms with E-state index in [9.17, 15) is 13.2 Å². The molecule has 168 valence electrons. The second kappa shape index (κ2) is 8.44. The van der Waals surface area contributed by atoms with Gasteiger partial charge in [-0.05, 0) is 57.6 Å². The van der Waals surface area contributed by atoms with Gasteiger partial charge in [0.05, 0.1) is 17.4 Å². The van der Waals surface area contributed by atoms with Crippen molar-refractivity contribution in [3.63, 3.8) is 0 Å². The Morgan fingerprint density at radius 3 is 2.65 bits per heavy atom. The van der Waals surface area contributed by atoms with Crippen LogP contribution in [0.15, 0.2) is 18.2 Å². The predicted octanol–water partition coefficient (Wildman–Crippen LogP) is 2.73. The lowest BCUT2D eigenvalue weighted by molar-refractivity contribution is 0.120. The summed E-state index contributed by atoms with van der Waals surface area (Å²) in [6.45, 7) is 5.54. The van der Waals surface area contributed by atoms with Gasteiger partial charge in [-0.1, -0.05) is 24.0 Å². The van der Waals surface area contributed by atoms with Crippen molar-refractivity contribution in [2.75, 3.05) is 25.4 Å². The Morgan fingerprint density at radius 2 is 2.03 bits per heavy atom. The Hall–Kier alpha value is -2.11. The number of sulfonamides is 1. The molecule has 0 aromatic heterocycles. The zero-order chi connectivity index (χ0) is 22.2. The van der Waals surface area contributed by atoms with Gasteiger partial charge in [0, 0.05) is 31.1 Å². The molecule has 0 bridgehead atoms. The van der Waals surface area contributed by atoms with E-state index in [-0.39, 0.29) is 29.4 Å². The molecule has 2 saturated heterocycles. The van der Waals surface area contributed by atoms with Gasteiger partial charge in [0.25, 0.3) is 0 Å². The smallest absolute Gasteiger partial charge is 0.320 e. The van der Waals surface area contributed by atoms with Crippen LogP contribution in [0.3, 0.4) is 0 Å². The largest absolute Gasteiger partial charge is 0.325 e. The molecule has 2 atom stereocenters. The zero-order valence-electron chi connectivity index (χ0n) is 18.2. The first-order valence-electron chi connectivity index (χ1n) is 11.1. The van der Waals surface area contributed by atoms with Gasteiger partial charge < -0.3 is 9.80 Å².